The maximum Gasteiger partial charge on any atom is 0.573 e. The van der Waals surface area contributed by atoms with Gasteiger partial charge in [0.05, 0.1) is 7.11 Å². The van der Waals surface area contributed by atoms with Crippen molar-refractivity contribution in [1.82, 2.24) is 10.2 Å². The monoisotopic (exact) mass is 412 g/mol. The van der Waals surface area contributed by atoms with Gasteiger partial charge in [-0.25, -0.2) is 4.79 Å². The van der Waals surface area contributed by atoms with Gasteiger partial charge in [0.25, 0.3) is 0 Å². The van der Waals surface area contributed by atoms with Crippen LogP contribution in [0.3, 0.4) is 0 Å². The molecule has 0 spiro atoms. The Labute approximate surface area is 166 Å². The van der Waals surface area contributed by atoms with E-state index in [4.69, 9.17) is 0 Å². The maximum absolute atomic E-state index is 12.9. The molecule has 1 heterocycles. The summed E-state index contributed by atoms with van der Waals surface area (Å²) in [4.78, 5) is 26.1. The Hall–Kier alpha value is -2.45. The highest BCUT2D eigenvalue weighted by atomic mass is 19.4. The number of nitrogens with one attached hydrogen (secondary N) is 1. The van der Waals surface area contributed by atoms with Crippen LogP contribution in [0.5, 0.6) is 5.75 Å². The minimum Gasteiger partial charge on any atom is -0.453 e. The number of alkyl carbamates (subject to hydrolysis) is 1. The molecule has 158 valence electrons. The van der Waals surface area contributed by atoms with Gasteiger partial charge in [-0.05, 0) is 49.8 Å². The molecular weight excluding hydrogens is 389 g/mol. The Kier molecular flexibility index (Phi) is 4.47. The smallest absolute Gasteiger partial charge is 0.453 e. The number of rotatable bonds is 4. The molecule has 6 nitrogen and oxygen atoms in total. The van der Waals surface area contributed by atoms with E-state index in [2.05, 4.69) is 14.8 Å². The van der Waals surface area contributed by atoms with Gasteiger partial charge >= 0.3 is 12.5 Å². The second kappa shape index (κ2) is 6.53. The van der Waals surface area contributed by atoms with Gasteiger partial charge in [0, 0.05) is 30.0 Å². The lowest BCUT2D eigenvalue weighted by atomic mass is 9.69. The van der Waals surface area contributed by atoms with E-state index in [1.807, 2.05) is 11.8 Å². The summed E-state index contributed by atoms with van der Waals surface area (Å²) in [5, 5.41) is 2.76. The third-order valence-corrected chi connectivity index (χ3v) is 6.43. The summed E-state index contributed by atoms with van der Waals surface area (Å²) in [5.41, 5.74) is 0.0555. The molecule has 1 N–H and O–H groups in total. The molecule has 4 rings (SSSR count). The standard InChI is InChI=1S/C20H23F3N2O4/c1-18(24-17(27)28-2)7-12(8-18)16(26)25-10-14-9-19(14,11-25)13-4-3-5-15(6-13)29-20(21,22)23/h3-6,12,14H,7-11H2,1-2H3,(H,24,27). The van der Waals surface area contributed by atoms with Crippen LogP contribution in [-0.4, -0.2) is 49.0 Å². The molecule has 0 bridgehead atoms. The molecule has 0 radical (unpaired) electrons. The average Bonchev–Trinajstić information content (AvgIpc) is 3.19. The van der Waals surface area contributed by atoms with Crippen molar-refractivity contribution in [2.45, 2.75) is 43.5 Å². The lowest BCUT2D eigenvalue weighted by Crippen LogP contribution is -2.58. The van der Waals surface area contributed by atoms with E-state index < -0.39 is 18.0 Å². The van der Waals surface area contributed by atoms with Crippen molar-refractivity contribution < 1.29 is 32.2 Å². The summed E-state index contributed by atoms with van der Waals surface area (Å²) in [6.45, 7) is 2.99. The number of ether oxygens (including phenoxy) is 2. The van der Waals surface area contributed by atoms with Gasteiger partial charge in [0.15, 0.2) is 0 Å². The summed E-state index contributed by atoms with van der Waals surface area (Å²) < 4.78 is 46.2. The number of fused-ring (bicyclic) bond motifs is 1. The minimum absolute atomic E-state index is 0.0448. The number of halogens is 3. The first-order valence-corrected chi connectivity index (χ1v) is 9.55. The number of benzene rings is 1. The van der Waals surface area contributed by atoms with Gasteiger partial charge in [-0.1, -0.05) is 12.1 Å². The lowest BCUT2D eigenvalue weighted by Gasteiger charge is -2.45. The van der Waals surface area contributed by atoms with E-state index >= 15 is 0 Å². The Bertz CT molecular complexity index is 837. The first kappa shape index (κ1) is 19.8. The summed E-state index contributed by atoms with van der Waals surface area (Å²) >= 11 is 0. The number of likely N-dealkylation sites (tertiary alicyclic amines) is 1. The summed E-state index contributed by atoms with van der Waals surface area (Å²) in [6, 6.07) is 6.08. The van der Waals surface area contributed by atoms with Crippen LogP contribution in [0, 0.1) is 11.8 Å². The highest BCUT2D eigenvalue weighted by Gasteiger charge is 2.62. The molecule has 1 aromatic rings. The van der Waals surface area contributed by atoms with Gasteiger partial charge in [-0.2, -0.15) is 0 Å². The van der Waals surface area contributed by atoms with E-state index in [0.717, 1.165) is 12.0 Å². The second-order valence-electron chi connectivity index (χ2n) is 8.63. The number of hydrogen-bond acceptors (Lipinski definition) is 4. The van der Waals surface area contributed by atoms with Crippen LogP contribution in [0.2, 0.25) is 0 Å². The molecule has 2 aliphatic carbocycles. The zero-order valence-electron chi connectivity index (χ0n) is 16.2. The highest BCUT2D eigenvalue weighted by Crippen LogP contribution is 2.60. The predicted octanol–water partition coefficient (Wildman–Crippen LogP) is 3.21. The molecule has 9 heteroatoms. The zero-order valence-corrected chi connectivity index (χ0v) is 16.2. The van der Waals surface area contributed by atoms with Crippen molar-refractivity contribution in [3.05, 3.63) is 29.8 Å². The van der Waals surface area contributed by atoms with Crippen molar-refractivity contribution in [3.8, 4) is 5.75 Å². The van der Waals surface area contributed by atoms with Crippen LogP contribution in [0.1, 0.15) is 31.7 Å². The molecule has 0 aromatic heterocycles. The van der Waals surface area contributed by atoms with Gasteiger partial charge in [0.2, 0.25) is 5.91 Å². The van der Waals surface area contributed by atoms with Crippen molar-refractivity contribution in [1.29, 1.82) is 0 Å². The fourth-order valence-corrected chi connectivity index (χ4v) is 4.96. The van der Waals surface area contributed by atoms with E-state index in [0.29, 0.717) is 25.9 Å². The molecule has 1 aromatic carbocycles. The van der Waals surface area contributed by atoms with E-state index in [1.54, 1.807) is 12.1 Å². The molecule has 2 atom stereocenters. The zero-order chi connectivity index (χ0) is 21.0. The summed E-state index contributed by atoms with van der Waals surface area (Å²) in [5.74, 6) is -0.0919. The Morgan fingerprint density at radius 3 is 2.62 bits per heavy atom. The van der Waals surface area contributed by atoms with Crippen LogP contribution in [0.25, 0.3) is 0 Å². The third kappa shape index (κ3) is 3.74. The van der Waals surface area contributed by atoms with Crippen molar-refractivity contribution in [3.63, 3.8) is 0 Å². The number of amides is 2. The largest absolute Gasteiger partial charge is 0.573 e. The van der Waals surface area contributed by atoms with Gasteiger partial charge < -0.3 is 19.7 Å². The molecule has 3 aliphatic rings. The maximum atomic E-state index is 12.9. The lowest BCUT2D eigenvalue weighted by molar-refractivity contribution is -0.274. The molecule has 2 saturated carbocycles. The first-order valence-electron chi connectivity index (χ1n) is 9.55. The number of hydrogen-bond donors (Lipinski definition) is 1. The molecule has 1 aliphatic heterocycles. The van der Waals surface area contributed by atoms with Crippen LogP contribution < -0.4 is 10.1 Å². The van der Waals surface area contributed by atoms with Crippen molar-refractivity contribution >= 4 is 12.0 Å². The molecule has 1 saturated heterocycles. The normalized spacial score (nSPS) is 32.8. The predicted molar refractivity (Wildman–Crippen MR) is 96.2 cm³/mol. The van der Waals surface area contributed by atoms with Crippen molar-refractivity contribution in [2.24, 2.45) is 11.8 Å². The molecule has 2 unspecified atom stereocenters. The van der Waals surface area contributed by atoms with Gasteiger partial charge in [-0.15, -0.1) is 13.2 Å². The summed E-state index contributed by atoms with van der Waals surface area (Å²) in [7, 11) is 1.30. The minimum atomic E-state index is -4.73. The van der Waals surface area contributed by atoms with E-state index in [-0.39, 0.29) is 28.9 Å². The highest BCUT2D eigenvalue weighted by molar-refractivity contribution is 5.82. The molecular formula is C20H23F3N2O4. The number of carbonyl (C=O) groups excluding carboxylic acids is 2. The Morgan fingerprint density at radius 2 is 1.97 bits per heavy atom. The van der Waals surface area contributed by atoms with Crippen LogP contribution in [-0.2, 0) is 14.9 Å². The van der Waals surface area contributed by atoms with Crippen molar-refractivity contribution in [2.75, 3.05) is 20.2 Å². The molecule has 2 amide bonds. The van der Waals surface area contributed by atoms with E-state index in [1.165, 1.54) is 19.2 Å². The fourth-order valence-electron chi connectivity index (χ4n) is 4.96. The quantitative estimate of drug-likeness (QED) is 0.825. The summed E-state index contributed by atoms with van der Waals surface area (Å²) in [6.07, 6.45) is -3.29. The third-order valence-electron chi connectivity index (χ3n) is 6.43. The number of piperidine rings is 1. The van der Waals surface area contributed by atoms with Crippen LogP contribution in [0.15, 0.2) is 24.3 Å². The van der Waals surface area contributed by atoms with Gasteiger partial charge in [0.1, 0.15) is 5.75 Å². The number of carbonyl (C=O) groups is 2. The topological polar surface area (TPSA) is 67.9 Å². The van der Waals surface area contributed by atoms with Crippen LogP contribution >= 0.6 is 0 Å². The number of alkyl halides is 3. The average molecular weight is 412 g/mol. The molecule has 3 fully saturated rings. The number of methoxy groups -OCH3 is 1. The van der Waals surface area contributed by atoms with E-state index in [9.17, 15) is 22.8 Å². The number of nitrogens with zero attached hydrogens (tertiary/aromatic N) is 1. The first-order chi connectivity index (χ1) is 13.5. The second-order valence-corrected chi connectivity index (χ2v) is 8.63. The molecule has 29 heavy (non-hydrogen) atoms. The van der Waals surface area contributed by atoms with Gasteiger partial charge in [-0.3, -0.25) is 4.79 Å². The Morgan fingerprint density at radius 1 is 1.24 bits per heavy atom. The van der Waals surface area contributed by atoms with Crippen LogP contribution in [0.4, 0.5) is 18.0 Å². The SMILES string of the molecule is COC(=O)NC1(C)CC(C(=O)N2CC3CC3(c3cccc(OC(F)(F)F)c3)C2)C1. The Balaban J connectivity index is 1.38. The fraction of sp³-hybridized carbons (Fsp3) is 0.600.